The number of hydrogen-bond donors (Lipinski definition) is 2. The molecule has 0 aromatic carbocycles. The van der Waals surface area contributed by atoms with E-state index in [1.165, 1.54) is 4.90 Å². The second-order valence-electron chi connectivity index (χ2n) is 10.2. The third-order valence-corrected chi connectivity index (χ3v) is 6.46. The first kappa shape index (κ1) is 26.6. The number of carbonyl (C=O) groups excluding carboxylic acids is 2. The van der Waals surface area contributed by atoms with Gasteiger partial charge in [-0.1, -0.05) is 6.08 Å². The van der Waals surface area contributed by atoms with Gasteiger partial charge in [0.25, 0.3) is 0 Å². The van der Waals surface area contributed by atoms with Gasteiger partial charge in [-0.2, -0.15) is 0 Å². The third kappa shape index (κ3) is 6.56. The SMILES string of the molecule is Cc1c(C2=CCN(C(=O)OC(C)(C)C)C(C(=O)OC(C)(C)C)=C2)sc(-c2ccncc2)c1CNO. The summed E-state index contributed by atoms with van der Waals surface area (Å²) in [6.07, 6.45) is 6.39. The van der Waals surface area contributed by atoms with E-state index < -0.39 is 23.3 Å². The molecule has 3 rings (SSSR count). The highest BCUT2D eigenvalue weighted by molar-refractivity contribution is 7.17. The number of aromatic nitrogens is 1. The maximum Gasteiger partial charge on any atom is 0.415 e. The Morgan fingerprint density at radius 3 is 2.29 bits per heavy atom. The molecule has 3 heterocycles. The summed E-state index contributed by atoms with van der Waals surface area (Å²) in [6.45, 7) is 13.1. The molecule has 0 fully saturated rings. The standard InChI is InChI=1S/C26H33N3O5S/c1-16-19(15-28-32)22(17-8-11-27-12-9-17)35-21(16)18-10-13-29(24(31)34-26(5,6)7)20(14-18)23(30)33-25(2,3)4/h8-12,14,28,32H,13,15H2,1-7H3. The second-order valence-corrected chi connectivity index (χ2v) is 11.2. The van der Waals surface area contributed by atoms with Crippen molar-refractivity contribution in [1.29, 1.82) is 0 Å². The molecule has 0 aliphatic carbocycles. The zero-order valence-electron chi connectivity index (χ0n) is 21.3. The predicted octanol–water partition coefficient (Wildman–Crippen LogP) is 5.46. The van der Waals surface area contributed by atoms with Crippen LogP contribution >= 0.6 is 11.3 Å². The lowest BCUT2D eigenvalue weighted by Gasteiger charge is -2.31. The topological polar surface area (TPSA) is 101 Å². The second kappa shape index (κ2) is 10.3. The van der Waals surface area contributed by atoms with E-state index >= 15 is 0 Å². The van der Waals surface area contributed by atoms with E-state index in [1.807, 2.05) is 25.1 Å². The normalized spacial score (nSPS) is 14.3. The number of thiophene rings is 1. The van der Waals surface area contributed by atoms with Crippen LogP contribution in [0.5, 0.6) is 0 Å². The summed E-state index contributed by atoms with van der Waals surface area (Å²) >= 11 is 1.55. The van der Waals surface area contributed by atoms with Crippen LogP contribution in [0.25, 0.3) is 16.0 Å². The van der Waals surface area contributed by atoms with Crippen LogP contribution in [0, 0.1) is 6.92 Å². The maximum absolute atomic E-state index is 13.1. The van der Waals surface area contributed by atoms with E-state index in [4.69, 9.17) is 9.47 Å². The molecule has 35 heavy (non-hydrogen) atoms. The lowest BCUT2D eigenvalue weighted by molar-refractivity contribution is -0.151. The fourth-order valence-electron chi connectivity index (χ4n) is 3.57. The van der Waals surface area contributed by atoms with Crippen LogP contribution in [0.2, 0.25) is 0 Å². The number of ether oxygens (including phenoxy) is 2. The number of nitrogens with zero attached hydrogens (tertiary/aromatic N) is 2. The summed E-state index contributed by atoms with van der Waals surface area (Å²) in [4.78, 5) is 33.4. The van der Waals surface area contributed by atoms with Crippen LogP contribution in [0.15, 0.2) is 42.4 Å². The number of esters is 1. The van der Waals surface area contributed by atoms with Gasteiger partial charge in [-0.3, -0.25) is 9.88 Å². The first-order valence-corrected chi connectivity index (χ1v) is 12.2. The minimum atomic E-state index is -0.730. The van der Waals surface area contributed by atoms with Crippen LogP contribution in [0.3, 0.4) is 0 Å². The Balaban J connectivity index is 2.07. The Labute approximate surface area is 210 Å². The van der Waals surface area contributed by atoms with Crippen LogP contribution < -0.4 is 5.48 Å². The van der Waals surface area contributed by atoms with Gasteiger partial charge >= 0.3 is 12.1 Å². The van der Waals surface area contributed by atoms with Crippen molar-refractivity contribution in [3.05, 3.63) is 58.4 Å². The minimum Gasteiger partial charge on any atom is -0.455 e. The van der Waals surface area contributed by atoms with Crippen LogP contribution in [-0.2, 0) is 20.8 Å². The Bertz CT molecular complexity index is 1150. The maximum atomic E-state index is 13.1. The van der Waals surface area contributed by atoms with Gasteiger partial charge in [0.05, 0.1) is 0 Å². The fourth-order valence-corrected chi connectivity index (χ4v) is 4.91. The molecular weight excluding hydrogens is 466 g/mol. The van der Waals surface area contributed by atoms with Crippen LogP contribution in [0.4, 0.5) is 4.79 Å². The summed E-state index contributed by atoms with van der Waals surface area (Å²) in [6, 6.07) is 3.83. The highest BCUT2D eigenvalue weighted by atomic mass is 32.1. The molecule has 1 amide bonds. The molecule has 188 valence electrons. The number of nitrogens with one attached hydrogen (secondary N) is 1. The number of hydroxylamine groups is 1. The van der Waals surface area contributed by atoms with Crippen molar-refractivity contribution in [3.63, 3.8) is 0 Å². The first-order chi connectivity index (χ1) is 16.3. The molecular formula is C26H33N3O5S. The molecule has 0 unspecified atom stereocenters. The molecule has 0 radical (unpaired) electrons. The predicted molar refractivity (Wildman–Crippen MR) is 136 cm³/mol. The van der Waals surface area contributed by atoms with E-state index in [-0.39, 0.29) is 18.8 Å². The number of rotatable bonds is 5. The van der Waals surface area contributed by atoms with Gasteiger partial charge < -0.3 is 14.7 Å². The molecule has 9 heteroatoms. The van der Waals surface area contributed by atoms with Crippen LogP contribution in [0.1, 0.15) is 57.5 Å². The molecule has 0 spiro atoms. The van der Waals surface area contributed by atoms with Crippen molar-refractivity contribution in [2.75, 3.05) is 6.54 Å². The molecule has 1 aliphatic rings. The number of amides is 1. The molecule has 0 saturated carbocycles. The molecule has 0 bridgehead atoms. The van der Waals surface area contributed by atoms with Gasteiger partial charge in [-0.25, -0.2) is 15.1 Å². The first-order valence-electron chi connectivity index (χ1n) is 11.4. The quantitative estimate of drug-likeness (QED) is 0.416. The molecule has 2 N–H and O–H groups in total. The van der Waals surface area contributed by atoms with E-state index in [9.17, 15) is 14.8 Å². The van der Waals surface area contributed by atoms with Gasteiger partial charge in [0.15, 0.2) is 0 Å². The highest BCUT2D eigenvalue weighted by Gasteiger charge is 2.33. The average Bonchev–Trinajstić information content (AvgIpc) is 3.08. The van der Waals surface area contributed by atoms with Crippen molar-refractivity contribution in [2.24, 2.45) is 0 Å². The van der Waals surface area contributed by atoms with Crippen molar-refractivity contribution >= 4 is 29.0 Å². The summed E-state index contributed by atoms with van der Waals surface area (Å²) in [7, 11) is 0. The summed E-state index contributed by atoms with van der Waals surface area (Å²) in [5.74, 6) is -0.602. The van der Waals surface area contributed by atoms with Gasteiger partial charge in [0.1, 0.15) is 16.9 Å². The average molecular weight is 500 g/mol. The monoisotopic (exact) mass is 499 g/mol. The molecule has 8 nitrogen and oxygen atoms in total. The molecule has 1 aliphatic heterocycles. The van der Waals surface area contributed by atoms with Crippen molar-refractivity contribution in [1.82, 2.24) is 15.4 Å². The van der Waals surface area contributed by atoms with Gasteiger partial charge in [-0.15, -0.1) is 11.3 Å². The smallest absolute Gasteiger partial charge is 0.415 e. The van der Waals surface area contributed by atoms with Crippen LogP contribution in [-0.4, -0.2) is 44.9 Å². The lowest BCUT2D eigenvalue weighted by atomic mass is 10.0. The summed E-state index contributed by atoms with van der Waals surface area (Å²) in [5.41, 5.74) is 4.63. The molecule has 2 aromatic rings. The van der Waals surface area contributed by atoms with E-state index in [2.05, 4.69) is 10.5 Å². The largest absolute Gasteiger partial charge is 0.455 e. The van der Waals surface area contributed by atoms with Crippen molar-refractivity contribution in [2.45, 2.75) is 66.2 Å². The third-order valence-electron chi connectivity index (χ3n) is 5.03. The molecule has 0 saturated heterocycles. The Morgan fingerprint density at radius 2 is 1.71 bits per heavy atom. The number of allylic oxidation sites excluding steroid dienone is 2. The minimum absolute atomic E-state index is 0.117. The van der Waals surface area contributed by atoms with Gasteiger partial charge in [0, 0.05) is 35.2 Å². The lowest BCUT2D eigenvalue weighted by Crippen LogP contribution is -2.41. The van der Waals surface area contributed by atoms with Gasteiger partial charge in [0.2, 0.25) is 0 Å². The van der Waals surface area contributed by atoms with E-state index in [0.717, 1.165) is 32.0 Å². The summed E-state index contributed by atoms with van der Waals surface area (Å²) in [5, 5.41) is 9.44. The fraction of sp³-hybridized carbons (Fsp3) is 0.423. The number of carbonyl (C=O) groups is 2. The highest BCUT2D eigenvalue weighted by Crippen LogP contribution is 2.41. The Hall–Kier alpha value is -3.01. The van der Waals surface area contributed by atoms with Crippen molar-refractivity contribution in [3.8, 4) is 10.4 Å². The summed E-state index contributed by atoms with van der Waals surface area (Å²) < 4.78 is 11.1. The Morgan fingerprint density at radius 1 is 1.09 bits per heavy atom. The zero-order valence-corrected chi connectivity index (χ0v) is 22.1. The van der Waals surface area contributed by atoms with E-state index in [1.54, 1.807) is 71.3 Å². The number of pyridine rings is 1. The van der Waals surface area contributed by atoms with E-state index in [0.29, 0.717) is 0 Å². The van der Waals surface area contributed by atoms with Crippen molar-refractivity contribution < 1.29 is 24.3 Å². The molecule has 2 aromatic heterocycles. The molecule has 0 atom stereocenters. The number of hydrogen-bond acceptors (Lipinski definition) is 8. The zero-order chi connectivity index (χ0) is 26.0. The Kier molecular flexibility index (Phi) is 7.83. The van der Waals surface area contributed by atoms with Gasteiger partial charge in [-0.05, 0) is 88.9 Å².